The molecule has 0 bridgehead atoms. The lowest BCUT2D eigenvalue weighted by Gasteiger charge is -2.10. The van der Waals surface area contributed by atoms with Gasteiger partial charge in [-0.25, -0.2) is 0 Å². The van der Waals surface area contributed by atoms with Crippen LogP contribution in [0.5, 0.6) is 0 Å². The van der Waals surface area contributed by atoms with Gasteiger partial charge in [0, 0.05) is 5.39 Å². The summed E-state index contributed by atoms with van der Waals surface area (Å²) in [5, 5.41) is 1.18. The lowest BCUT2D eigenvalue weighted by molar-refractivity contribution is 0.545. The van der Waals surface area contributed by atoms with Gasteiger partial charge in [0.05, 0.1) is 4.83 Å². The highest BCUT2D eigenvalue weighted by atomic mass is 79.9. The summed E-state index contributed by atoms with van der Waals surface area (Å²) in [5.74, 6) is 0.997. The molecule has 21 heavy (non-hydrogen) atoms. The van der Waals surface area contributed by atoms with Gasteiger partial charge in [0.1, 0.15) is 11.3 Å². The van der Waals surface area contributed by atoms with Crippen molar-refractivity contribution in [1.82, 2.24) is 0 Å². The van der Waals surface area contributed by atoms with Gasteiger partial charge >= 0.3 is 0 Å². The average Bonchev–Trinajstić information content (AvgIpc) is 2.86. The summed E-state index contributed by atoms with van der Waals surface area (Å²) in [6.07, 6.45) is 0.937. The van der Waals surface area contributed by atoms with E-state index in [4.69, 9.17) is 4.42 Å². The third-order valence-electron chi connectivity index (χ3n) is 3.90. The Kier molecular flexibility index (Phi) is 3.90. The van der Waals surface area contributed by atoms with Crippen LogP contribution >= 0.6 is 15.9 Å². The standard InChI is InChI=1S/C19H19BrO/c1-12-4-6-14(3)15(8-12)10-17(20)19-11-16-9-13(2)5-7-18(16)21-19/h4-9,11,17H,10H2,1-3H3. The lowest BCUT2D eigenvalue weighted by Crippen LogP contribution is -1.97. The van der Waals surface area contributed by atoms with Crippen molar-refractivity contribution in [2.45, 2.75) is 32.0 Å². The van der Waals surface area contributed by atoms with Gasteiger partial charge < -0.3 is 4.42 Å². The molecule has 2 aromatic carbocycles. The molecule has 0 fully saturated rings. The Morgan fingerprint density at radius 1 is 0.952 bits per heavy atom. The van der Waals surface area contributed by atoms with Crippen LogP contribution < -0.4 is 0 Å². The molecule has 1 heterocycles. The molecule has 0 aliphatic heterocycles. The Hall–Kier alpha value is -1.54. The van der Waals surface area contributed by atoms with E-state index in [2.05, 4.69) is 73.1 Å². The van der Waals surface area contributed by atoms with E-state index < -0.39 is 0 Å². The van der Waals surface area contributed by atoms with Crippen molar-refractivity contribution in [2.24, 2.45) is 0 Å². The zero-order valence-electron chi connectivity index (χ0n) is 12.6. The van der Waals surface area contributed by atoms with E-state index in [-0.39, 0.29) is 4.83 Å². The number of alkyl halides is 1. The van der Waals surface area contributed by atoms with Gasteiger partial charge in [-0.05, 0) is 56.5 Å². The molecule has 1 aromatic heterocycles. The van der Waals surface area contributed by atoms with Gasteiger partial charge in [-0.3, -0.25) is 0 Å². The number of benzene rings is 2. The van der Waals surface area contributed by atoms with Crippen molar-refractivity contribution in [3.63, 3.8) is 0 Å². The summed E-state index contributed by atoms with van der Waals surface area (Å²) in [4.78, 5) is 0.200. The van der Waals surface area contributed by atoms with Gasteiger partial charge in [0.25, 0.3) is 0 Å². The van der Waals surface area contributed by atoms with E-state index in [0.717, 1.165) is 17.8 Å². The van der Waals surface area contributed by atoms with Crippen molar-refractivity contribution >= 4 is 26.9 Å². The van der Waals surface area contributed by atoms with Crippen molar-refractivity contribution in [3.8, 4) is 0 Å². The Bertz CT molecular complexity index is 785. The molecule has 1 nitrogen and oxygen atoms in total. The van der Waals surface area contributed by atoms with Crippen molar-refractivity contribution in [2.75, 3.05) is 0 Å². The molecule has 3 rings (SSSR count). The predicted molar refractivity (Wildman–Crippen MR) is 92.2 cm³/mol. The van der Waals surface area contributed by atoms with Gasteiger partial charge in [-0.15, -0.1) is 0 Å². The summed E-state index contributed by atoms with van der Waals surface area (Å²) >= 11 is 3.78. The zero-order valence-corrected chi connectivity index (χ0v) is 14.2. The highest BCUT2D eigenvalue weighted by Crippen LogP contribution is 2.33. The fourth-order valence-electron chi connectivity index (χ4n) is 2.65. The summed E-state index contributed by atoms with van der Waals surface area (Å²) in [5.41, 5.74) is 6.22. The maximum Gasteiger partial charge on any atom is 0.134 e. The topological polar surface area (TPSA) is 13.1 Å². The molecule has 0 saturated heterocycles. The molecule has 0 spiro atoms. The van der Waals surface area contributed by atoms with Crippen molar-refractivity contribution in [3.05, 3.63) is 70.5 Å². The van der Waals surface area contributed by atoms with Crippen LogP contribution in [0.25, 0.3) is 11.0 Å². The number of aryl methyl sites for hydroxylation is 3. The van der Waals surface area contributed by atoms with Crippen LogP contribution in [0.3, 0.4) is 0 Å². The Balaban J connectivity index is 1.89. The fourth-order valence-corrected chi connectivity index (χ4v) is 3.23. The summed E-state index contributed by atoms with van der Waals surface area (Å²) < 4.78 is 5.98. The van der Waals surface area contributed by atoms with Crippen LogP contribution in [0.15, 0.2) is 46.9 Å². The van der Waals surface area contributed by atoms with Crippen molar-refractivity contribution < 1.29 is 4.42 Å². The molecule has 0 N–H and O–H groups in total. The van der Waals surface area contributed by atoms with Gasteiger partial charge in [-0.1, -0.05) is 51.3 Å². The quantitative estimate of drug-likeness (QED) is 0.529. The first-order valence-electron chi connectivity index (χ1n) is 7.23. The molecular weight excluding hydrogens is 324 g/mol. The third-order valence-corrected chi connectivity index (χ3v) is 4.68. The normalized spacial score (nSPS) is 12.8. The smallest absolute Gasteiger partial charge is 0.134 e. The fraction of sp³-hybridized carbons (Fsp3) is 0.263. The van der Waals surface area contributed by atoms with E-state index >= 15 is 0 Å². The van der Waals surface area contributed by atoms with Crippen LogP contribution in [-0.4, -0.2) is 0 Å². The average molecular weight is 343 g/mol. The highest BCUT2D eigenvalue weighted by molar-refractivity contribution is 9.09. The summed E-state index contributed by atoms with van der Waals surface area (Å²) in [6.45, 7) is 6.40. The van der Waals surface area contributed by atoms with Crippen LogP contribution in [0.2, 0.25) is 0 Å². The van der Waals surface area contributed by atoms with Gasteiger partial charge in [0.2, 0.25) is 0 Å². The van der Waals surface area contributed by atoms with Gasteiger partial charge in [-0.2, -0.15) is 0 Å². The SMILES string of the molecule is Cc1ccc(C)c(CC(Br)c2cc3cc(C)ccc3o2)c1. The van der Waals surface area contributed by atoms with E-state index in [1.54, 1.807) is 0 Å². The van der Waals surface area contributed by atoms with Crippen LogP contribution in [0.4, 0.5) is 0 Å². The van der Waals surface area contributed by atoms with Crippen LogP contribution in [-0.2, 0) is 6.42 Å². The lowest BCUT2D eigenvalue weighted by atomic mass is 10.0. The number of fused-ring (bicyclic) bond motifs is 1. The second-order valence-electron chi connectivity index (χ2n) is 5.79. The maximum atomic E-state index is 5.98. The molecule has 1 atom stereocenters. The number of furan rings is 1. The first kappa shape index (κ1) is 14.4. The third kappa shape index (κ3) is 3.06. The number of halogens is 1. The van der Waals surface area contributed by atoms with Crippen LogP contribution in [0.1, 0.15) is 32.8 Å². The molecule has 2 heteroatoms. The van der Waals surface area contributed by atoms with Gasteiger partial charge in [0.15, 0.2) is 0 Å². The molecule has 0 saturated carbocycles. The first-order chi connectivity index (χ1) is 10.0. The molecule has 1 unspecified atom stereocenters. The second-order valence-corrected chi connectivity index (χ2v) is 6.90. The molecule has 0 aliphatic carbocycles. The molecule has 108 valence electrons. The summed E-state index contributed by atoms with van der Waals surface area (Å²) in [7, 11) is 0. The van der Waals surface area contributed by atoms with Crippen molar-refractivity contribution in [1.29, 1.82) is 0 Å². The Labute approximate surface area is 134 Å². The monoisotopic (exact) mass is 342 g/mol. The minimum atomic E-state index is 0.200. The summed E-state index contributed by atoms with van der Waals surface area (Å²) in [6, 6.07) is 15.1. The first-order valence-corrected chi connectivity index (χ1v) is 8.15. The molecule has 0 radical (unpaired) electrons. The molecule has 0 aliphatic rings. The maximum absolute atomic E-state index is 5.98. The highest BCUT2D eigenvalue weighted by Gasteiger charge is 2.15. The largest absolute Gasteiger partial charge is 0.460 e. The number of hydrogen-bond donors (Lipinski definition) is 0. The van der Waals surface area contributed by atoms with E-state index in [9.17, 15) is 0 Å². The minimum absolute atomic E-state index is 0.200. The number of rotatable bonds is 3. The molecule has 3 aromatic rings. The van der Waals surface area contributed by atoms with Crippen LogP contribution in [0, 0.1) is 20.8 Å². The zero-order chi connectivity index (χ0) is 15.0. The van der Waals surface area contributed by atoms with E-state index in [1.807, 2.05) is 6.07 Å². The number of hydrogen-bond acceptors (Lipinski definition) is 1. The van der Waals surface area contributed by atoms with E-state index in [1.165, 1.54) is 27.6 Å². The predicted octanol–water partition coefficient (Wildman–Crippen LogP) is 6.04. The molecule has 0 amide bonds. The second kappa shape index (κ2) is 5.69. The molecular formula is C19H19BrO. The Morgan fingerprint density at radius 2 is 1.67 bits per heavy atom. The minimum Gasteiger partial charge on any atom is -0.460 e. The van der Waals surface area contributed by atoms with E-state index in [0.29, 0.717) is 0 Å². The Morgan fingerprint density at radius 3 is 2.48 bits per heavy atom.